The number of carboxylic acids is 2. The van der Waals surface area contributed by atoms with E-state index in [0.717, 1.165) is 129 Å². The molecule has 6 heteroatoms. The number of unbranched alkanes of at least 4 members (excludes halogenated alkanes) is 20. The van der Waals surface area contributed by atoms with Crippen molar-refractivity contribution in [2.75, 3.05) is 26.2 Å². The number of hydrogen-bond donors (Lipinski definition) is 3. The predicted molar refractivity (Wildman–Crippen MR) is 228 cm³/mol. The lowest BCUT2D eigenvalue weighted by Crippen LogP contribution is -2.27. The zero-order valence-corrected chi connectivity index (χ0v) is 35.8. The molecule has 312 valence electrons. The van der Waals surface area contributed by atoms with Crippen LogP contribution in [-0.2, 0) is 9.59 Å². The highest BCUT2D eigenvalue weighted by atomic mass is 16.4. The van der Waals surface area contributed by atoms with Crippen LogP contribution in [0.1, 0.15) is 240 Å². The van der Waals surface area contributed by atoms with Crippen LogP contribution in [0.3, 0.4) is 0 Å². The zero-order chi connectivity index (χ0) is 39.2. The number of carbonyl (C=O) groups is 2. The van der Waals surface area contributed by atoms with E-state index in [4.69, 9.17) is 0 Å². The fourth-order valence-electron chi connectivity index (χ4n) is 7.88. The van der Waals surface area contributed by atoms with E-state index in [-0.39, 0.29) is 6.61 Å². The molecule has 53 heavy (non-hydrogen) atoms. The quantitative estimate of drug-likeness (QED) is 0.0425. The van der Waals surface area contributed by atoms with Gasteiger partial charge in [0.2, 0.25) is 0 Å². The van der Waals surface area contributed by atoms with Gasteiger partial charge in [-0.15, -0.1) is 0 Å². The Kier molecular flexibility index (Phi) is 37.4. The molecule has 0 amide bonds. The molecule has 0 aromatic rings. The summed E-state index contributed by atoms with van der Waals surface area (Å²) < 4.78 is 0. The van der Waals surface area contributed by atoms with E-state index in [1.807, 2.05) is 0 Å². The molecule has 0 aliphatic carbocycles. The van der Waals surface area contributed by atoms with Gasteiger partial charge in [0, 0.05) is 24.3 Å². The first-order valence-corrected chi connectivity index (χ1v) is 23.1. The number of aliphatic hydroxyl groups excluding tert-OH is 1. The average molecular weight is 748 g/mol. The van der Waals surface area contributed by atoms with Crippen LogP contribution >= 0.6 is 0 Å². The molecular weight excluding hydrogens is 659 g/mol. The van der Waals surface area contributed by atoms with Crippen LogP contribution in [0, 0.1) is 0 Å². The summed E-state index contributed by atoms with van der Waals surface area (Å²) >= 11 is 0. The molecule has 0 aromatic heterocycles. The third-order valence-electron chi connectivity index (χ3n) is 11.1. The topological polar surface area (TPSA) is 98.1 Å². The van der Waals surface area contributed by atoms with Crippen molar-refractivity contribution in [3.63, 3.8) is 0 Å². The predicted octanol–water partition coefficient (Wildman–Crippen LogP) is 14.0. The molecule has 6 nitrogen and oxygen atoms in total. The van der Waals surface area contributed by atoms with E-state index in [9.17, 15) is 24.9 Å². The second-order valence-corrected chi connectivity index (χ2v) is 16.0. The lowest BCUT2D eigenvalue weighted by molar-refractivity contribution is -0.133. The van der Waals surface area contributed by atoms with Crippen LogP contribution in [0.25, 0.3) is 0 Å². The van der Waals surface area contributed by atoms with Crippen molar-refractivity contribution in [1.82, 2.24) is 4.90 Å². The van der Waals surface area contributed by atoms with Crippen LogP contribution in [0.5, 0.6) is 0 Å². The Morgan fingerprint density at radius 3 is 0.981 bits per heavy atom. The standard InChI is InChI=1S/C47H89NO5/c1-5-9-11-13-15-17-19-25-34-42(32-7-3)44(46(50)51)36-27-21-23-29-38-48(40-31-41-49)39-30-24-22-28-37-45(47(52)53)43(33-8-4)35-26-20-18-16-14-12-10-6-2/h49H,5-41H2,1-4H3,(H,50,51)(H,52,53)/b44-42+,45-43+. The van der Waals surface area contributed by atoms with Crippen molar-refractivity contribution in [3.8, 4) is 0 Å². The van der Waals surface area contributed by atoms with E-state index in [0.29, 0.717) is 24.0 Å². The van der Waals surface area contributed by atoms with E-state index in [1.54, 1.807) is 0 Å². The second kappa shape index (κ2) is 38.6. The lowest BCUT2D eigenvalue weighted by atomic mass is 9.93. The van der Waals surface area contributed by atoms with Gasteiger partial charge in [-0.05, 0) is 96.6 Å². The van der Waals surface area contributed by atoms with Gasteiger partial charge in [-0.2, -0.15) is 0 Å². The van der Waals surface area contributed by atoms with Crippen LogP contribution in [-0.4, -0.2) is 58.4 Å². The molecular formula is C47H89NO5. The molecule has 0 bridgehead atoms. The van der Waals surface area contributed by atoms with E-state index >= 15 is 0 Å². The molecule has 0 saturated carbocycles. The smallest absolute Gasteiger partial charge is 0.331 e. The Hall–Kier alpha value is -1.66. The monoisotopic (exact) mass is 748 g/mol. The third kappa shape index (κ3) is 30.3. The van der Waals surface area contributed by atoms with Crippen molar-refractivity contribution >= 4 is 11.9 Å². The summed E-state index contributed by atoms with van der Waals surface area (Å²) in [4.78, 5) is 26.9. The average Bonchev–Trinajstić information content (AvgIpc) is 3.14. The maximum Gasteiger partial charge on any atom is 0.331 e. The zero-order valence-electron chi connectivity index (χ0n) is 35.8. The van der Waals surface area contributed by atoms with E-state index in [2.05, 4.69) is 32.6 Å². The summed E-state index contributed by atoms with van der Waals surface area (Å²) in [6, 6.07) is 0. The number of allylic oxidation sites excluding steroid dienone is 2. The Labute approximate surface area is 329 Å². The number of rotatable bonds is 41. The molecule has 0 radical (unpaired) electrons. The van der Waals surface area contributed by atoms with Gasteiger partial charge in [-0.1, -0.05) is 167 Å². The molecule has 0 atom stereocenters. The van der Waals surface area contributed by atoms with Gasteiger partial charge >= 0.3 is 11.9 Å². The summed E-state index contributed by atoms with van der Waals surface area (Å²) in [5.74, 6) is -1.42. The molecule has 0 saturated heterocycles. The van der Waals surface area contributed by atoms with Gasteiger partial charge in [0.05, 0.1) is 0 Å². The van der Waals surface area contributed by atoms with Crippen molar-refractivity contribution in [2.45, 2.75) is 240 Å². The Morgan fingerprint density at radius 2 is 0.660 bits per heavy atom. The summed E-state index contributed by atoms with van der Waals surface area (Å²) in [7, 11) is 0. The minimum atomic E-state index is -0.710. The van der Waals surface area contributed by atoms with Gasteiger partial charge in [-0.3, -0.25) is 0 Å². The molecule has 0 aliphatic rings. The second-order valence-electron chi connectivity index (χ2n) is 16.0. The molecule has 0 unspecified atom stereocenters. The SMILES string of the molecule is CCCCCCCCCC/C(CCC)=C(\CCCCCCN(CCCO)CCCCCC/C(C(=O)O)=C(/CCC)CCCCCCCCCC)C(=O)O. The number of hydrogen-bond acceptors (Lipinski definition) is 4. The number of aliphatic carboxylic acids is 2. The third-order valence-corrected chi connectivity index (χ3v) is 11.1. The molecule has 0 aliphatic heterocycles. The molecule has 3 N–H and O–H groups in total. The van der Waals surface area contributed by atoms with E-state index in [1.165, 1.54) is 101 Å². The van der Waals surface area contributed by atoms with Crippen molar-refractivity contribution in [2.24, 2.45) is 0 Å². The molecule has 0 rings (SSSR count). The van der Waals surface area contributed by atoms with Crippen LogP contribution in [0.4, 0.5) is 0 Å². The first-order valence-electron chi connectivity index (χ1n) is 23.1. The molecule has 0 aromatic carbocycles. The lowest BCUT2D eigenvalue weighted by Gasteiger charge is -2.22. The number of aliphatic hydroxyl groups is 1. The Morgan fingerprint density at radius 1 is 0.358 bits per heavy atom. The van der Waals surface area contributed by atoms with Gasteiger partial charge < -0.3 is 20.2 Å². The minimum absolute atomic E-state index is 0.212. The van der Waals surface area contributed by atoms with Crippen molar-refractivity contribution in [1.29, 1.82) is 0 Å². The van der Waals surface area contributed by atoms with Gasteiger partial charge in [0.25, 0.3) is 0 Å². The summed E-state index contributed by atoms with van der Waals surface area (Å²) in [5, 5.41) is 29.6. The molecule has 0 spiro atoms. The molecule has 0 fully saturated rings. The van der Waals surface area contributed by atoms with Crippen LogP contribution in [0.15, 0.2) is 22.3 Å². The fraction of sp³-hybridized carbons (Fsp3) is 0.872. The maximum absolute atomic E-state index is 12.2. The van der Waals surface area contributed by atoms with Crippen LogP contribution in [0.2, 0.25) is 0 Å². The largest absolute Gasteiger partial charge is 0.478 e. The normalized spacial score (nSPS) is 12.7. The summed E-state index contributed by atoms with van der Waals surface area (Å²) in [5.41, 5.74) is 3.76. The Bertz CT molecular complexity index is 856. The number of carboxylic acid groups (broad SMARTS) is 2. The minimum Gasteiger partial charge on any atom is -0.478 e. The Balaban J connectivity index is 4.62. The van der Waals surface area contributed by atoms with Gasteiger partial charge in [0.1, 0.15) is 0 Å². The highest BCUT2D eigenvalue weighted by Crippen LogP contribution is 2.26. The highest BCUT2D eigenvalue weighted by molar-refractivity contribution is 5.88. The fourth-order valence-corrected chi connectivity index (χ4v) is 7.88. The first kappa shape index (κ1) is 51.3. The van der Waals surface area contributed by atoms with Crippen molar-refractivity contribution in [3.05, 3.63) is 22.3 Å². The summed E-state index contributed by atoms with van der Waals surface area (Å²) in [6.45, 7) is 12.0. The summed E-state index contributed by atoms with van der Waals surface area (Å²) in [6.07, 6.45) is 36.7. The number of nitrogens with zero attached hydrogens (tertiary/aromatic N) is 1. The van der Waals surface area contributed by atoms with Gasteiger partial charge in [-0.25, -0.2) is 9.59 Å². The first-order chi connectivity index (χ1) is 25.9. The van der Waals surface area contributed by atoms with Crippen molar-refractivity contribution < 1.29 is 24.9 Å². The molecule has 0 heterocycles. The highest BCUT2D eigenvalue weighted by Gasteiger charge is 2.15. The van der Waals surface area contributed by atoms with Crippen LogP contribution < -0.4 is 0 Å². The van der Waals surface area contributed by atoms with E-state index < -0.39 is 11.9 Å². The maximum atomic E-state index is 12.2. The van der Waals surface area contributed by atoms with Gasteiger partial charge in [0.15, 0.2) is 0 Å².